The minimum Gasteiger partial charge on any atom is -0.497 e. The van der Waals surface area contributed by atoms with E-state index in [1.807, 2.05) is 48.5 Å². The van der Waals surface area contributed by atoms with Crippen LogP contribution in [0.2, 0.25) is 0 Å². The largest absolute Gasteiger partial charge is 0.497 e. The number of hydrogen-bond donors (Lipinski definition) is 1. The molecule has 0 spiro atoms. The van der Waals surface area contributed by atoms with Crippen LogP contribution in [0.25, 0.3) is 10.2 Å². The van der Waals surface area contributed by atoms with Crippen molar-refractivity contribution in [2.24, 2.45) is 0 Å². The topological polar surface area (TPSA) is 51.2 Å². The zero-order chi connectivity index (χ0) is 16.1. The molecule has 0 aliphatic heterocycles. The first kappa shape index (κ1) is 15.5. The molecule has 0 atom stereocenters. The van der Waals surface area contributed by atoms with Crippen LogP contribution in [-0.2, 0) is 17.8 Å². The Hall–Kier alpha value is -2.40. The molecule has 0 saturated heterocycles. The van der Waals surface area contributed by atoms with E-state index < -0.39 is 0 Å². The molecule has 1 heterocycles. The summed E-state index contributed by atoms with van der Waals surface area (Å²) in [7, 11) is 1.64. The molecule has 2 aromatic carbocycles. The summed E-state index contributed by atoms with van der Waals surface area (Å²) in [5.74, 6) is 0.870. The molecule has 0 unspecified atom stereocenters. The fraction of sp³-hybridized carbons (Fsp3) is 0.222. The lowest BCUT2D eigenvalue weighted by molar-refractivity contribution is -0.121. The van der Waals surface area contributed by atoms with Crippen molar-refractivity contribution in [1.82, 2.24) is 10.3 Å². The summed E-state index contributed by atoms with van der Waals surface area (Å²) in [5, 5.41) is 3.87. The Morgan fingerprint density at radius 2 is 1.96 bits per heavy atom. The molecule has 0 aliphatic carbocycles. The summed E-state index contributed by atoms with van der Waals surface area (Å²) in [5.41, 5.74) is 2.11. The van der Waals surface area contributed by atoms with Crippen LogP contribution in [0.1, 0.15) is 17.0 Å². The fourth-order valence-electron chi connectivity index (χ4n) is 2.31. The van der Waals surface area contributed by atoms with Crippen molar-refractivity contribution >= 4 is 27.5 Å². The van der Waals surface area contributed by atoms with E-state index in [1.54, 1.807) is 18.4 Å². The van der Waals surface area contributed by atoms with Gasteiger partial charge in [-0.2, -0.15) is 0 Å². The van der Waals surface area contributed by atoms with Crippen molar-refractivity contribution < 1.29 is 9.53 Å². The Balaban J connectivity index is 1.49. The summed E-state index contributed by atoms with van der Waals surface area (Å²) >= 11 is 1.62. The van der Waals surface area contributed by atoms with Crippen LogP contribution in [0.5, 0.6) is 5.75 Å². The molecule has 1 amide bonds. The molecule has 0 aliphatic rings. The molecule has 0 fully saturated rings. The molecule has 1 aromatic heterocycles. The Labute approximate surface area is 139 Å². The average Bonchev–Trinajstić information content (AvgIpc) is 3.01. The van der Waals surface area contributed by atoms with Crippen LogP contribution >= 0.6 is 11.3 Å². The monoisotopic (exact) mass is 326 g/mol. The van der Waals surface area contributed by atoms with Gasteiger partial charge in [-0.25, -0.2) is 4.98 Å². The maximum absolute atomic E-state index is 12.0. The van der Waals surface area contributed by atoms with E-state index in [0.717, 1.165) is 33.0 Å². The quantitative estimate of drug-likeness (QED) is 0.753. The number of carbonyl (C=O) groups excluding carboxylic acids is 1. The highest BCUT2D eigenvalue weighted by atomic mass is 32.1. The molecular weight excluding hydrogens is 308 g/mol. The van der Waals surface area contributed by atoms with Crippen LogP contribution < -0.4 is 10.1 Å². The van der Waals surface area contributed by atoms with E-state index in [4.69, 9.17) is 4.74 Å². The van der Waals surface area contributed by atoms with Gasteiger partial charge < -0.3 is 10.1 Å². The number of methoxy groups -OCH3 is 1. The number of rotatable bonds is 6. The second-order valence-corrected chi connectivity index (χ2v) is 6.32. The minimum atomic E-state index is 0.0417. The number of thiazole rings is 1. The van der Waals surface area contributed by atoms with Gasteiger partial charge in [0, 0.05) is 6.42 Å². The van der Waals surface area contributed by atoms with Gasteiger partial charge in [0.2, 0.25) is 5.91 Å². The van der Waals surface area contributed by atoms with Gasteiger partial charge in [-0.05, 0) is 36.2 Å². The Bertz CT molecular complexity index is 763. The van der Waals surface area contributed by atoms with Crippen LogP contribution in [0.4, 0.5) is 0 Å². The number of aromatic nitrogens is 1. The third kappa shape index (κ3) is 4.07. The predicted molar refractivity (Wildman–Crippen MR) is 92.8 cm³/mol. The first-order valence-electron chi connectivity index (χ1n) is 7.48. The zero-order valence-corrected chi connectivity index (χ0v) is 13.7. The molecular formula is C18H18N2O2S. The molecule has 3 rings (SSSR count). The number of para-hydroxylation sites is 1. The van der Waals surface area contributed by atoms with Crippen LogP contribution in [0.3, 0.4) is 0 Å². The highest BCUT2D eigenvalue weighted by Crippen LogP contribution is 2.21. The van der Waals surface area contributed by atoms with Gasteiger partial charge in [0.05, 0.1) is 23.9 Å². The smallest absolute Gasteiger partial charge is 0.220 e. The SMILES string of the molecule is COc1ccc(CCC(=O)NCc2nc3ccccc3s2)cc1. The van der Waals surface area contributed by atoms with Crippen molar-refractivity contribution in [2.45, 2.75) is 19.4 Å². The van der Waals surface area contributed by atoms with E-state index in [-0.39, 0.29) is 5.91 Å². The summed E-state index contributed by atoms with van der Waals surface area (Å²) < 4.78 is 6.27. The van der Waals surface area contributed by atoms with Gasteiger partial charge >= 0.3 is 0 Å². The minimum absolute atomic E-state index is 0.0417. The maximum atomic E-state index is 12.0. The first-order valence-corrected chi connectivity index (χ1v) is 8.30. The van der Waals surface area contributed by atoms with Crippen LogP contribution in [0.15, 0.2) is 48.5 Å². The van der Waals surface area contributed by atoms with E-state index in [9.17, 15) is 4.79 Å². The van der Waals surface area contributed by atoms with E-state index >= 15 is 0 Å². The van der Waals surface area contributed by atoms with Gasteiger partial charge in [-0.3, -0.25) is 4.79 Å². The average molecular weight is 326 g/mol. The highest BCUT2D eigenvalue weighted by Gasteiger charge is 2.06. The summed E-state index contributed by atoms with van der Waals surface area (Å²) in [6, 6.07) is 15.8. The molecule has 0 saturated carbocycles. The summed E-state index contributed by atoms with van der Waals surface area (Å²) in [6.45, 7) is 0.487. The molecule has 1 N–H and O–H groups in total. The Kier molecular flexibility index (Phi) is 4.88. The van der Waals surface area contributed by atoms with Crippen molar-refractivity contribution in [3.05, 3.63) is 59.1 Å². The first-order chi connectivity index (χ1) is 11.2. The van der Waals surface area contributed by atoms with E-state index in [1.165, 1.54) is 0 Å². The standard InChI is InChI=1S/C18H18N2O2S/c1-22-14-9-6-13(7-10-14)8-11-17(21)19-12-18-20-15-4-2-3-5-16(15)23-18/h2-7,9-10H,8,11-12H2,1H3,(H,19,21). The van der Waals surface area contributed by atoms with E-state index in [2.05, 4.69) is 10.3 Å². The lowest BCUT2D eigenvalue weighted by atomic mass is 10.1. The summed E-state index contributed by atoms with van der Waals surface area (Å²) in [6.07, 6.45) is 1.19. The fourth-order valence-corrected chi connectivity index (χ4v) is 3.22. The second kappa shape index (κ2) is 7.24. The van der Waals surface area contributed by atoms with Crippen molar-refractivity contribution in [1.29, 1.82) is 0 Å². The summed E-state index contributed by atoms with van der Waals surface area (Å²) in [4.78, 5) is 16.5. The molecule has 5 heteroatoms. The number of carbonyl (C=O) groups is 1. The van der Waals surface area contributed by atoms with Crippen LogP contribution in [-0.4, -0.2) is 18.0 Å². The zero-order valence-electron chi connectivity index (χ0n) is 12.9. The molecule has 118 valence electrons. The number of nitrogens with one attached hydrogen (secondary N) is 1. The number of aryl methyl sites for hydroxylation is 1. The van der Waals surface area contributed by atoms with Crippen molar-refractivity contribution in [2.75, 3.05) is 7.11 Å². The molecule has 4 nitrogen and oxygen atoms in total. The third-order valence-corrected chi connectivity index (χ3v) is 4.61. The molecule has 0 radical (unpaired) electrons. The molecule has 0 bridgehead atoms. The lowest BCUT2D eigenvalue weighted by Crippen LogP contribution is -2.22. The predicted octanol–water partition coefficient (Wildman–Crippen LogP) is 3.55. The number of hydrogen-bond acceptors (Lipinski definition) is 4. The van der Waals surface area contributed by atoms with Gasteiger partial charge in [0.15, 0.2) is 0 Å². The van der Waals surface area contributed by atoms with Gasteiger partial charge in [0.1, 0.15) is 10.8 Å². The number of fused-ring (bicyclic) bond motifs is 1. The Morgan fingerprint density at radius 1 is 1.17 bits per heavy atom. The second-order valence-electron chi connectivity index (χ2n) is 5.20. The van der Waals surface area contributed by atoms with Crippen molar-refractivity contribution in [3.63, 3.8) is 0 Å². The number of benzene rings is 2. The maximum Gasteiger partial charge on any atom is 0.220 e. The van der Waals surface area contributed by atoms with Gasteiger partial charge in [0.25, 0.3) is 0 Å². The number of nitrogens with zero attached hydrogens (tertiary/aromatic N) is 1. The third-order valence-electron chi connectivity index (χ3n) is 3.57. The lowest BCUT2D eigenvalue weighted by Gasteiger charge is -2.04. The van der Waals surface area contributed by atoms with Gasteiger partial charge in [-0.15, -0.1) is 11.3 Å². The number of ether oxygens (including phenoxy) is 1. The highest BCUT2D eigenvalue weighted by molar-refractivity contribution is 7.18. The van der Waals surface area contributed by atoms with Crippen LogP contribution in [0, 0.1) is 0 Å². The Morgan fingerprint density at radius 3 is 2.70 bits per heavy atom. The van der Waals surface area contributed by atoms with Crippen molar-refractivity contribution in [3.8, 4) is 5.75 Å². The molecule has 3 aromatic rings. The number of amides is 1. The normalized spacial score (nSPS) is 10.7. The van der Waals surface area contributed by atoms with Gasteiger partial charge in [-0.1, -0.05) is 24.3 Å². The molecule has 23 heavy (non-hydrogen) atoms. The van der Waals surface area contributed by atoms with E-state index in [0.29, 0.717) is 13.0 Å².